The molecule has 0 aromatic heterocycles. The summed E-state index contributed by atoms with van der Waals surface area (Å²) in [4.78, 5) is 22.8. The Morgan fingerprint density at radius 3 is 2.27 bits per heavy atom. The number of benzene rings is 1. The number of esters is 2. The van der Waals surface area contributed by atoms with E-state index in [0.717, 1.165) is 12.0 Å². The van der Waals surface area contributed by atoms with Gasteiger partial charge in [-0.15, -0.1) is 0 Å². The Labute approximate surface area is 156 Å². The Kier molecular flexibility index (Phi) is 9.07. The Bertz CT molecular complexity index is 604. The second kappa shape index (κ2) is 10.8. The van der Waals surface area contributed by atoms with Crippen LogP contribution in [0.2, 0.25) is 0 Å². The number of carbonyl (C=O) groups is 2. The zero-order chi connectivity index (χ0) is 19.6. The molecule has 1 rings (SSSR count). The molecule has 0 unspecified atom stereocenters. The average molecular weight is 362 g/mol. The largest absolute Gasteiger partial charge is 0.462 e. The lowest BCUT2D eigenvalue weighted by Gasteiger charge is -2.36. The third-order valence-electron chi connectivity index (χ3n) is 4.03. The standard InChI is InChI=1S/C21H30O5/c1-16(2)10-9-13-21(5,25-14-19-11-7-6-8-12-19)20(26-18(4)23)15-24-17(3)22/h6-8,10-12,20H,9,13-15H2,1-5H3/t20-,21-/m1/s1. The van der Waals surface area contributed by atoms with Gasteiger partial charge in [0, 0.05) is 13.8 Å². The van der Waals surface area contributed by atoms with Crippen molar-refractivity contribution < 1.29 is 23.8 Å². The van der Waals surface area contributed by atoms with Gasteiger partial charge in [0.1, 0.15) is 12.2 Å². The van der Waals surface area contributed by atoms with Crippen LogP contribution < -0.4 is 0 Å². The number of hydrogen-bond acceptors (Lipinski definition) is 5. The van der Waals surface area contributed by atoms with Gasteiger partial charge in [-0.05, 0) is 39.2 Å². The first-order valence-electron chi connectivity index (χ1n) is 8.85. The minimum absolute atomic E-state index is 0.0327. The topological polar surface area (TPSA) is 61.8 Å². The molecule has 0 saturated heterocycles. The van der Waals surface area contributed by atoms with Crippen LogP contribution in [0, 0.1) is 0 Å². The van der Waals surface area contributed by atoms with Crippen molar-refractivity contribution in [2.24, 2.45) is 0 Å². The van der Waals surface area contributed by atoms with E-state index in [2.05, 4.69) is 6.08 Å². The molecule has 26 heavy (non-hydrogen) atoms. The molecular formula is C21H30O5. The SMILES string of the molecule is CC(=O)OC[C@@H](OC(C)=O)[C@@](C)(CCC=C(C)C)OCc1ccccc1. The van der Waals surface area contributed by atoms with E-state index in [1.165, 1.54) is 19.4 Å². The van der Waals surface area contributed by atoms with Gasteiger partial charge in [0.25, 0.3) is 0 Å². The number of ether oxygens (including phenoxy) is 3. The highest BCUT2D eigenvalue weighted by atomic mass is 16.6. The second-order valence-electron chi connectivity index (χ2n) is 6.81. The van der Waals surface area contributed by atoms with Crippen LogP contribution in [-0.2, 0) is 30.4 Å². The molecule has 2 atom stereocenters. The van der Waals surface area contributed by atoms with Crippen molar-refractivity contribution in [2.45, 2.75) is 65.8 Å². The third-order valence-corrected chi connectivity index (χ3v) is 4.03. The minimum atomic E-state index is -0.789. The van der Waals surface area contributed by atoms with Crippen LogP contribution in [0.4, 0.5) is 0 Å². The second-order valence-corrected chi connectivity index (χ2v) is 6.81. The maximum atomic E-state index is 11.6. The van der Waals surface area contributed by atoms with Crippen LogP contribution in [0.1, 0.15) is 53.0 Å². The van der Waals surface area contributed by atoms with Crippen molar-refractivity contribution in [3.63, 3.8) is 0 Å². The molecule has 0 radical (unpaired) electrons. The van der Waals surface area contributed by atoms with Crippen molar-refractivity contribution >= 4 is 11.9 Å². The Morgan fingerprint density at radius 1 is 1.08 bits per heavy atom. The van der Waals surface area contributed by atoms with Gasteiger partial charge in [-0.3, -0.25) is 9.59 Å². The monoisotopic (exact) mass is 362 g/mol. The van der Waals surface area contributed by atoms with Gasteiger partial charge >= 0.3 is 11.9 Å². The fourth-order valence-corrected chi connectivity index (χ4v) is 2.52. The minimum Gasteiger partial charge on any atom is -0.462 e. The van der Waals surface area contributed by atoms with Crippen molar-refractivity contribution in [3.8, 4) is 0 Å². The van der Waals surface area contributed by atoms with Gasteiger partial charge in [-0.1, -0.05) is 42.0 Å². The fraction of sp³-hybridized carbons (Fsp3) is 0.524. The number of hydrogen-bond donors (Lipinski definition) is 0. The zero-order valence-electron chi connectivity index (χ0n) is 16.4. The summed E-state index contributed by atoms with van der Waals surface area (Å²) < 4.78 is 16.8. The highest BCUT2D eigenvalue weighted by molar-refractivity contribution is 5.67. The van der Waals surface area contributed by atoms with E-state index < -0.39 is 23.6 Å². The van der Waals surface area contributed by atoms with E-state index in [1.54, 1.807) is 0 Å². The first kappa shape index (κ1) is 21.9. The Balaban J connectivity index is 2.96. The van der Waals surface area contributed by atoms with Gasteiger partial charge in [-0.2, -0.15) is 0 Å². The van der Waals surface area contributed by atoms with Gasteiger partial charge in [0.05, 0.1) is 6.61 Å². The van der Waals surface area contributed by atoms with E-state index in [0.29, 0.717) is 13.0 Å². The molecule has 0 aliphatic rings. The van der Waals surface area contributed by atoms with Crippen molar-refractivity contribution in [3.05, 3.63) is 47.5 Å². The smallest absolute Gasteiger partial charge is 0.303 e. The molecule has 5 nitrogen and oxygen atoms in total. The van der Waals surface area contributed by atoms with E-state index in [4.69, 9.17) is 14.2 Å². The molecule has 5 heteroatoms. The van der Waals surface area contributed by atoms with Crippen LogP contribution in [0.15, 0.2) is 42.0 Å². The molecular weight excluding hydrogens is 332 g/mol. The van der Waals surface area contributed by atoms with Gasteiger partial charge in [-0.25, -0.2) is 0 Å². The molecule has 1 aromatic rings. The molecule has 0 fully saturated rings. The summed E-state index contributed by atoms with van der Waals surface area (Å²) in [5.74, 6) is -0.851. The number of rotatable bonds is 10. The van der Waals surface area contributed by atoms with Crippen molar-refractivity contribution in [1.29, 1.82) is 0 Å². The van der Waals surface area contributed by atoms with Crippen LogP contribution >= 0.6 is 0 Å². The maximum absolute atomic E-state index is 11.6. The zero-order valence-corrected chi connectivity index (χ0v) is 16.4. The van der Waals surface area contributed by atoms with Gasteiger partial charge in [0.15, 0.2) is 6.10 Å². The molecule has 0 aliphatic heterocycles. The lowest BCUT2D eigenvalue weighted by molar-refractivity contribution is -0.186. The summed E-state index contributed by atoms with van der Waals surface area (Å²) in [6, 6.07) is 9.79. The first-order chi connectivity index (χ1) is 12.2. The summed E-state index contributed by atoms with van der Waals surface area (Å²) in [5.41, 5.74) is 1.44. The van der Waals surface area contributed by atoms with Crippen molar-refractivity contribution in [1.82, 2.24) is 0 Å². The predicted octanol–water partition coefficient (Wildman–Crippen LogP) is 4.20. The summed E-state index contributed by atoms with van der Waals surface area (Å²) in [7, 11) is 0. The third kappa shape index (κ3) is 8.30. The maximum Gasteiger partial charge on any atom is 0.303 e. The van der Waals surface area contributed by atoms with Crippen LogP contribution in [-0.4, -0.2) is 30.3 Å². The molecule has 0 aliphatic carbocycles. The fourth-order valence-electron chi connectivity index (χ4n) is 2.52. The van der Waals surface area contributed by atoms with E-state index in [-0.39, 0.29) is 6.61 Å². The molecule has 144 valence electrons. The normalized spacial score (nSPS) is 14.0. The summed E-state index contributed by atoms with van der Waals surface area (Å²) in [6.07, 6.45) is 2.83. The molecule has 0 N–H and O–H groups in total. The quantitative estimate of drug-likeness (QED) is 0.461. The van der Waals surface area contributed by atoms with E-state index in [1.807, 2.05) is 51.1 Å². The van der Waals surface area contributed by atoms with Crippen molar-refractivity contribution in [2.75, 3.05) is 6.61 Å². The van der Waals surface area contributed by atoms with Crippen LogP contribution in [0.5, 0.6) is 0 Å². The molecule has 0 saturated carbocycles. The molecule has 1 aromatic carbocycles. The summed E-state index contributed by atoms with van der Waals surface area (Å²) in [6.45, 7) is 8.98. The first-order valence-corrected chi connectivity index (χ1v) is 8.85. The van der Waals surface area contributed by atoms with Crippen LogP contribution in [0.3, 0.4) is 0 Å². The van der Waals surface area contributed by atoms with E-state index in [9.17, 15) is 9.59 Å². The summed E-state index contributed by atoms with van der Waals surface area (Å²) >= 11 is 0. The Hall–Kier alpha value is -2.14. The lowest BCUT2D eigenvalue weighted by Crippen LogP contribution is -2.47. The lowest BCUT2D eigenvalue weighted by atomic mass is 9.92. The molecule has 0 heterocycles. The number of allylic oxidation sites excluding steroid dienone is 2. The van der Waals surface area contributed by atoms with Crippen LogP contribution in [0.25, 0.3) is 0 Å². The molecule has 0 amide bonds. The highest BCUT2D eigenvalue weighted by Crippen LogP contribution is 2.27. The van der Waals surface area contributed by atoms with Gasteiger partial charge < -0.3 is 14.2 Å². The molecule has 0 spiro atoms. The average Bonchev–Trinajstić information content (AvgIpc) is 2.57. The van der Waals surface area contributed by atoms with Gasteiger partial charge in [0.2, 0.25) is 0 Å². The number of carbonyl (C=O) groups excluding carboxylic acids is 2. The molecule has 0 bridgehead atoms. The Morgan fingerprint density at radius 2 is 1.73 bits per heavy atom. The summed E-state index contributed by atoms with van der Waals surface area (Å²) in [5, 5.41) is 0. The highest BCUT2D eigenvalue weighted by Gasteiger charge is 2.38. The predicted molar refractivity (Wildman–Crippen MR) is 100 cm³/mol. The van der Waals surface area contributed by atoms with E-state index >= 15 is 0 Å².